The zero-order valence-corrected chi connectivity index (χ0v) is 10.8. The highest BCUT2D eigenvalue weighted by molar-refractivity contribution is 5.72. The number of nitrogens with zero attached hydrogens (tertiary/aromatic N) is 3. The van der Waals surface area contributed by atoms with Gasteiger partial charge < -0.3 is 16.1 Å². The van der Waals surface area contributed by atoms with Crippen molar-refractivity contribution < 1.29 is 9.58 Å². The molecule has 1 aromatic heterocycles. The van der Waals surface area contributed by atoms with Gasteiger partial charge in [-0.25, -0.2) is 4.73 Å². The van der Waals surface area contributed by atoms with Crippen LogP contribution in [0.25, 0.3) is 11.0 Å². The van der Waals surface area contributed by atoms with Crippen LogP contribution in [0.2, 0.25) is 0 Å². The SMILES string of the molecule is CC1c2cc3c(cc2CC1(C)N)[n+]([O-])c(N)n[n+]3[O-]. The number of aromatic nitrogens is 3. The molecular weight excluding hydrogens is 246 g/mol. The van der Waals surface area contributed by atoms with Crippen molar-refractivity contribution in [2.45, 2.75) is 31.7 Å². The minimum Gasteiger partial charge on any atom is -0.739 e. The number of hydrogen-bond acceptors (Lipinski definition) is 5. The molecule has 0 spiro atoms. The van der Waals surface area contributed by atoms with Crippen LogP contribution in [0.15, 0.2) is 12.1 Å². The molecule has 0 aliphatic heterocycles. The van der Waals surface area contributed by atoms with Crippen molar-refractivity contribution in [3.8, 4) is 0 Å². The van der Waals surface area contributed by atoms with Gasteiger partial charge in [0.15, 0.2) is 5.52 Å². The van der Waals surface area contributed by atoms with Crippen molar-refractivity contribution >= 4 is 17.0 Å². The van der Waals surface area contributed by atoms with Crippen LogP contribution >= 0.6 is 0 Å². The molecule has 4 N–H and O–H groups in total. The first-order valence-electron chi connectivity index (χ1n) is 6.05. The lowest BCUT2D eigenvalue weighted by atomic mass is 9.89. The van der Waals surface area contributed by atoms with Gasteiger partial charge in [-0.05, 0) is 36.5 Å². The van der Waals surface area contributed by atoms with Crippen molar-refractivity contribution in [3.63, 3.8) is 0 Å². The van der Waals surface area contributed by atoms with Crippen LogP contribution in [0, 0.1) is 10.4 Å². The first-order valence-corrected chi connectivity index (χ1v) is 6.05. The maximum Gasteiger partial charge on any atom is 0.458 e. The maximum atomic E-state index is 11.9. The van der Waals surface area contributed by atoms with Crippen molar-refractivity contribution in [1.82, 2.24) is 5.10 Å². The predicted octanol–water partition coefficient (Wildman–Crippen LogP) is -0.539. The van der Waals surface area contributed by atoms with Gasteiger partial charge in [-0.1, -0.05) is 6.92 Å². The molecule has 1 aromatic carbocycles. The van der Waals surface area contributed by atoms with Gasteiger partial charge in [0.2, 0.25) is 5.10 Å². The number of rotatable bonds is 0. The summed E-state index contributed by atoms with van der Waals surface area (Å²) in [5.41, 5.74) is 13.7. The highest BCUT2D eigenvalue weighted by atomic mass is 16.5. The van der Waals surface area contributed by atoms with Crippen LogP contribution in [0.1, 0.15) is 30.9 Å². The van der Waals surface area contributed by atoms with E-state index in [1.807, 2.05) is 13.8 Å². The summed E-state index contributed by atoms with van der Waals surface area (Å²) < 4.78 is 0.473. The number of nitrogen functional groups attached to an aromatic ring is 1. The second kappa shape index (κ2) is 3.45. The molecule has 0 fully saturated rings. The smallest absolute Gasteiger partial charge is 0.458 e. The molecule has 2 aromatic rings. The van der Waals surface area contributed by atoms with E-state index in [-0.39, 0.29) is 28.4 Å². The molecule has 3 rings (SSSR count). The molecule has 19 heavy (non-hydrogen) atoms. The van der Waals surface area contributed by atoms with E-state index in [1.54, 1.807) is 12.1 Å². The fourth-order valence-corrected chi connectivity index (χ4v) is 2.74. The summed E-state index contributed by atoms with van der Waals surface area (Å²) in [6, 6.07) is 3.39. The Kier molecular flexibility index (Phi) is 2.16. The van der Waals surface area contributed by atoms with E-state index in [1.165, 1.54) is 0 Å². The van der Waals surface area contributed by atoms with Gasteiger partial charge in [0.1, 0.15) is 0 Å². The lowest BCUT2D eigenvalue weighted by Crippen LogP contribution is -2.44. The van der Waals surface area contributed by atoms with E-state index in [9.17, 15) is 10.4 Å². The normalized spacial score (nSPS) is 25.7. The van der Waals surface area contributed by atoms with Gasteiger partial charge in [-0.15, -0.1) is 0 Å². The molecule has 0 radical (unpaired) electrons. The van der Waals surface area contributed by atoms with Gasteiger partial charge >= 0.3 is 5.95 Å². The van der Waals surface area contributed by atoms with Crippen molar-refractivity contribution in [3.05, 3.63) is 33.7 Å². The highest BCUT2D eigenvalue weighted by Gasteiger charge is 2.38. The third-order valence-electron chi connectivity index (χ3n) is 4.09. The number of anilines is 1. The van der Waals surface area contributed by atoms with Crippen LogP contribution in [-0.4, -0.2) is 10.6 Å². The van der Waals surface area contributed by atoms with Crippen LogP contribution in [0.4, 0.5) is 5.95 Å². The largest absolute Gasteiger partial charge is 0.739 e. The number of fused-ring (bicyclic) bond motifs is 2. The van der Waals surface area contributed by atoms with E-state index in [0.29, 0.717) is 16.0 Å². The Hall–Kier alpha value is -2.15. The average molecular weight is 261 g/mol. The summed E-state index contributed by atoms with van der Waals surface area (Å²) >= 11 is 0. The van der Waals surface area contributed by atoms with Gasteiger partial charge in [0.05, 0.1) is 0 Å². The minimum atomic E-state index is -0.375. The average Bonchev–Trinajstić information content (AvgIpc) is 2.55. The molecule has 0 saturated carbocycles. The van der Waals surface area contributed by atoms with Crippen LogP contribution in [0.3, 0.4) is 0 Å². The fraction of sp³-hybridized carbons (Fsp3) is 0.417. The van der Waals surface area contributed by atoms with Gasteiger partial charge in [0, 0.05) is 16.5 Å². The minimum absolute atomic E-state index is 0.115. The van der Waals surface area contributed by atoms with E-state index >= 15 is 0 Å². The topological polar surface area (TPSA) is 119 Å². The van der Waals surface area contributed by atoms with E-state index in [2.05, 4.69) is 5.10 Å². The molecule has 7 heteroatoms. The van der Waals surface area contributed by atoms with Crippen molar-refractivity contribution in [2.24, 2.45) is 5.73 Å². The summed E-state index contributed by atoms with van der Waals surface area (Å²) in [6.07, 6.45) is 0.667. The molecule has 100 valence electrons. The Morgan fingerprint density at radius 2 is 2.05 bits per heavy atom. The maximum absolute atomic E-state index is 11.9. The predicted molar refractivity (Wildman–Crippen MR) is 68.8 cm³/mol. The quantitative estimate of drug-likeness (QED) is 0.487. The zero-order valence-electron chi connectivity index (χ0n) is 10.8. The van der Waals surface area contributed by atoms with Gasteiger partial charge in [-0.3, -0.25) is 5.73 Å². The fourth-order valence-electron chi connectivity index (χ4n) is 2.74. The van der Waals surface area contributed by atoms with Gasteiger partial charge in [0.25, 0.3) is 5.52 Å². The Morgan fingerprint density at radius 1 is 1.37 bits per heavy atom. The van der Waals surface area contributed by atoms with Crippen molar-refractivity contribution in [2.75, 3.05) is 5.73 Å². The van der Waals surface area contributed by atoms with Crippen LogP contribution in [-0.2, 0) is 6.42 Å². The molecular formula is C12H15N5O2. The summed E-state index contributed by atoms with van der Waals surface area (Å²) in [5, 5.41) is 27.1. The molecule has 2 unspecified atom stereocenters. The lowest BCUT2D eigenvalue weighted by molar-refractivity contribution is -0.672. The number of nitrogens with two attached hydrogens (primary N) is 2. The van der Waals surface area contributed by atoms with Crippen LogP contribution < -0.4 is 21.0 Å². The highest BCUT2D eigenvalue weighted by Crippen LogP contribution is 2.39. The zero-order chi connectivity index (χ0) is 13.9. The van der Waals surface area contributed by atoms with Crippen molar-refractivity contribution in [1.29, 1.82) is 0 Å². The summed E-state index contributed by atoms with van der Waals surface area (Å²) in [6.45, 7) is 3.98. The molecule has 1 aliphatic carbocycles. The van der Waals surface area contributed by atoms with E-state index < -0.39 is 0 Å². The monoisotopic (exact) mass is 261 g/mol. The van der Waals surface area contributed by atoms with E-state index in [0.717, 1.165) is 11.1 Å². The number of benzene rings is 1. The van der Waals surface area contributed by atoms with Gasteiger partial charge in [-0.2, -0.15) is 0 Å². The molecule has 1 heterocycles. The summed E-state index contributed by atoms with van der Waals surface area (Å²) in [5.74, 6) is -0.242. The standard InChI is InChI=1S/C12H15N5O2/c1-6-8-4-10-9(3-7(8)5-12(6,2)14)16(18)11(13)15-17(10)19/h3-4,6H,5,14H2,1-2H3,(H2,13,15). The molecule has 2 atom stereocenters. The Labute approximate surface area is 109 Å². The third-order valence-corrected chi connectivity index (χ3v) is 4.09. The molecule has 0 saturated heterocycles. The number of hydrogen-bond donors (Lipinski definition) is 2. The third kappa shape index (κ3) is 1.51. The second-order valence-electron chi connectivity index (χ2n) is 5.47. The molecule has 1 aliphatic rings. The lowest BCUT2D eigenvalue weighted by Gasteiger charge is -2.23. The van der Waals surface area contributed by atoms with Crippen LogP contribution in [0.5, 0.6) is 0 Å². The van der Waals surface area contributed by atoms with E-state index in [4.69, 9.17) is 11.5 Å². The Bertz CT molecular complexity index is 698. The summed E-state index contributed by atoms with van der Waals surface area (Å²) in [4.78, 5) is 0.387. The first-order chi connectivity index (χ1) is 8.81. The Balaban J connectivity index is 2.35. The molecule has 0 amide bonds. The summed E-state index contributed by atoms with van der Waals surface area (Å²) in [7, 11) is 0. The second-order valence-corrected chi connectivity index (χ2v) is 5.47. The first kappa shape index (κ1) is 11.9. The molecule has 7 nitrogen and oxygen atoms in total. The molecule has 0 bridgehead atoms. The Morgan fingerprint density at radius 3 is 2.74 bits per heavy atom.